The number of urea groups is 1. The van der Waals surface area contributed by atoms with Gasteiger partial charge in [-0.15, -0.1) is 0 Å². The zero-order valence-corrected chi connectivity index (χ0v) is 11.0. The highest BCUT2D eigenvalue weighted by Gasteiger charge is 2.07. The first-order valence-corrected chi connectivity index (χ1v) is 6.29. The number of aromatic nitrogens is 2. The summed E-state index contributed by atoms with van der Waals surface area (Å²) in [6, 6.07) is 1.58. The lowest BCUT2D eigenvalue weighted by molar-refractivity contribution is -0.137. The predicted molar refractivity (Wildman–Crippen MR) is 69.7 cm³/mol. The smallest absolute Gasteiger partial charge is 0.314 e. The maximum Gasteiger partial charge on any atom is 0.314 e. The topological polar surface area (TPSA) is 96.3 Å². The summed E-state index contributed by atoms with van der Waals surface area (Å²) in [5.41, 5.74) is 0. The molecule has 1 rings (SSSR count). The van der Waals surface area contributed by atoms with Gasteiger partial charge < -0.3 is 15.7 Å². The Morgan fingerprint density at radius 3 is 2.84 bits per heavy atom. The first kappa shape index (κ1) is 15.0. The van der Waals surface area contributed by atoms with Crippen LogP contribution in [0.5, 0.6) is 0 Å². The van der Waals surface area contributed by atoms with Gasteiger partial charge in [-0.2, -0.15) is 5.10 Å². The minimum atomic E-state index is -0.810. The van der Waals surface area contributed by atoms with Gasteiger partial charge in [0.05, 0.1) is 6.54 Å². The highest BCUT2D eigenvalue weighted by Crippen LogP contribution is 2.03. The summed E-state index contributed by atoms with van der Waals surface area (Å²) in [6.45, 7) is 3.50. The molecule has 0 saturated carbocycles. The average Bonchev–Trinajstić information content (AvgIpc) is 2.87. The molecule has 0 aromatic carbocycles. The molecule has 0 saturated heterocycles. The van der Waals surface area contributed by atoms with Gasteiger partial charge in [0.15, 0.2) is 0 Å². The molecule has 1 aromatic heterocycles. The van der Waals surface area contributed by atoms with Gasteiger partial charge in [0.1, 0.15) is 0 Å². The van der Waals surface area contributed by atoms with E-state index in [-0.39, 0.29) is 18.4 Å². The standard InChI is InChI=1S/C12H20N4O3/c1-10(3-4-11(17)18)9-14-12(19)13-6-8-16-7-2-5-15-16/h2,5,7,10H,3-4,6,8-9H2,1H3,(H,17,18)(H2,13,14,19). The number of hydrogen-bond donors (Lipinski definition) is 3. The fraction of sp³-hybridized carbons (Fsp3) is 0.583. The number of hydrogen-bond acceptors (Lipinski definition) is 3. The molecule has 0 fully saturated rings. The van der Waals surface area contributed by atoms with E-state index in [1.54, 1.807) is 10.9 Å². The Balaban J connectivity index is 2.05. The van der Waals surface area contributed by atoms with Crippen LogP contribution in [-0.4, -0.2) is 40.0 Å². The molecule has 3 N–H and O–H groups in total. The van der Waals surface area contributed by atoms with Crippen LogP contribution in [0.1, 0.15) is 19.8 Å². The number of aliphatic carboxylic acids is 1. The largest absolute Gasteiger partial charge is 0.481 e. The van der Waals surface area contributed by atoms with E-state index in [1.807, 2.05) is 19.2 Å². The minimum Gasteiger partial charge on any atom is -0.481 e. The molecule has 7 heteroatoms. The highest BCUT2D eigenvalue weighted by atomic mass is 16.4. The maximum atomic E-state index is 11.4. The van der Waals surface area contributed by atoms with Crippen LogP contribution in [0.3, 0.4) is 0 Å². The molecular formula is C12H20N4O3. The van der Waals surface area contributed by atoms with Gasteiger partial charge in [0.25, 0.3) is 0 Å². The van der Waals surface area contributed by atoms with Crippen molar-refractivity contribution in [2.45, 2.75) is 26.3 Å². The molecule has 19 heavy (non-hydrogen) atoms. The molecule has 106 valence electrons. The lowest BCUT2D eigenvalue weighted by Crippen LogP contribution is -2.39. The summed E-state index contributed by atoms with van der Waals surface area (Å²) in [5, 5.41) is 18.0. The van der Waals surface area contributed by atoms with E-state index >= 15 is 0 Å². The van der Waals surface area contributed by atoms with E-state index in [4.69, 9.17) is 5.11 Å². The average molecular weight is 268 g/mol. The van der Waals surface area contributed by atoms with Crippen molar-refractivity contribution in [2.24, 2.45) is 5.92 Å². The van der Waals surface area contributed by atoms with Crippen molar-refractivity contribution in [1.82, 2.24) is 20.4 Å². The van der Waals surface area contributed by atoms with Gasteiger partial charge in [-0.05, 0) is 18.4 Å². The van der Waals surface area contributed by atoms with E-state index < -0.39 is 5.97 Å². The third-order valence-corrected chi connectivity index (χ3v) is 2.65. The summed E-state index contributed by atoms with van der Waals surface area (Å²) in [6.07, 6.45) is 4.20. The molecule has 0 aliphatic carbocycles. The second kappa shape index (κ2) is 8.12. The summed E-state index contributed by atoms with van der Waals surface area (Å²) < 4.78 is 1.73. The third kappa shape index (κ3) is 7.07. The molecule has 1 atom stereocenters. The number of nitrogens with zero attached hydrogens (tertiary/aromatic N) is 2. The van der Waals surface area contributed by atoms with Crippen molar-refractivity contribution >= 4 is 12.0 Å². The molecule has 1 heterocycles. The van der Waals surface area contributed by atoms with Crippen molar-refractivity contribution in [1.29, 1.82) is 0 Å². The number of carbonyl (C=O) groups excluding carboxylic acids is 1. The normalized spacial score (nSPS) is 11.8. The number of nitrogens with one attached hydrogen (secondary N) is 2. The fourth-order valence-corrected chi connectivity index (χ4v) is 1.52. The first-order chi connectivity index (χ1) is 9.08. The van der Waals surface area contributed by atoms with Crippen molar-refractivity contribution < 1.29 is 14.7 Å². The number of carboxylic acids is 1. The van der Waals surface area contributed by atoms with Gasteiger partial charge in [0, 0.05) is 31.9 Å². The van der Waals surface area contributed by atoms with Crippen molar-refractivity contribution in [3.63, 3.8) is 0 Å². The second-order valence-corrected chi connectivity index (χ2v) is 4.44. The molecular weight excluding hydrogens is 248 g/mol. The lowest BCUT2D eigenvalue weighted by Gasteiger charge is -2.12. The Morgan fingerprint density at radius 2 is 2.21 bits per heavy atom. The van der Waals surface area contributed by atoms with Crippen molar-refractivity contribution in [2.75, 3.05) is 13.1 Å². The van der Waals surface area contributed by atoms with E-state index in [0.29, 0.717) is 26.1 Å². The molecule has 7 nitrogen and oxygen atoms in total. The molecule has 0 bridgehead atoms. The van der Waals surface area contributed by atoms with Crippen LogP contribution in [0, 0.1) is 5.92 Å². The SMILES string of the molecule is CC(CCC(=O)O)CNC(=O)NCCn1cccn1. The number of rotatable bonds is 8. The summed E-state index contributed by atoms with van der Waals surface area (Å²) >= 11 is 0. The van der Waals surface area contributed by atoms with Crippen LogP contribution in [-0.2, 0) is 11.3 Å². The molecule has 0 radical (unpaired) electrons. The molecule has 1 unspecified atom stereocenters. The Kier molecular flexibility index (Phi) is 6.42. The second-order valence-electron chi connectivity index (χ2n) is 4.44. The quantitative estimate of drug-likeness (QED) is 0.646. The first-order valence-electron chi connectivity index (χ1n) is 6.29. The van der Waals surface area contributed by atoms with Crippen LogP contribution in [0.25, 0.3) is 0 Å². The Hall–Kier alpha value is -2.05. The van der Waals surface area contributed by atoms with Gasteiger partial charge in [0.2, 0.25) is 0 Å². The van der Waals surface area contributed by atoms with E-state index in [1.165, 1.54) is 0 Å². The number of carbonyl (C=O) groups is 2. The molecule has 0 aliphatic rings. The third-order valence-electron chi connectivity index (χ3n) is 2.65. The van der Waals surface area contributed by atoms with E-state index in [0.717, 1.165) is 0 Å². The summed E-state index contributed by atoms with van der Waals surface area (Å²) in [4.78, 5) is 21.8. The maximum absolute atomic E-state index is 11.4. The Labute approximate surface area is 112 Å². The van der Waals surface area contributed by atoms with Crippen molar-refractivity contribution in [3.05, 3.63) is 18.5 Å². The molecule has 1 aromatic rings. The zero-order chi connectivity index (χ0) is 14.1. The molecule has 0 aliphatic heterocycles. The molecule has 2 amide bonds. The van der Waals surface area contributed by atoms with Gasteiger partial charge in [-0.3, -0.25) is 9.48 Å². The van der Waals surface area contributed by atoms with Crippen LogP contribution in [0.2, 0.25) is 0 Å². The summed E-state index contributed by atoms with van der Waals surface area (Å²) in [7, 11) is 0. The van der Waals surface area contributed by atoms with Crippen LogP contribution >= 0.6 is 0 Å². The van der Waals surface area contributed by atoms with Crippen LogP contribution in [0.15, 0.2) is 18.5 Å². The van der Waals surface area contributed by atoms with Gasteiger partial charge >= 0.3 is 12.0 Å². The number of amides is 2. The predicted octanol–water partition coefficient (Wildman–Crippen LogP) is 0.683. The zero-order valence-electron chi connectivity index (χ0n) is 11.0. The van der Waals surface area contributed by atoms with Crippen LogP contribution in [0.4, 0.5) is 4.79 Å². The van der Waals surface area contributed by atoms with E-state index in [2.05, 4.69) is 15.7 Å². The van der Waals surface area contributed by atoms with Crippen molar-refractivity contribution in [3.8, 4) is 0 Å². The highest BCUT2D eigenvalue weighted by molar-refractivity contribution is 5.73. The monoisotopic (exact) mass is 268 g/mol. The Bertz CT molecular complexity index is 392. The van der Waals surface area contributed by atoms with Gasteiger partial charge in [-0.25, -0.2) is 4.79 Å². The Morgan fingerprint density at radius 1 is 1.42 bits per heavy atom. The van der Waals surface area contributed by atoms with E-state index in [9.17, 15) is 9.59 Å². The fourth-order valence-electron chi connectivity index (χ4n) is 1.52. The van der Waals surface area contributed by atoms with Gasteiger partial charge in [-0.1, -0.05) is 6.92 Å². The number of carboxylic acid groups (broad SMARTS) is 1. The lowest BCUT2D eigenvalue weighted by atomic mass is 10.1. The summed E-state index contributed by atoms with van der Waals surface area (Å²) in [5.74, 6) is -0.663. The molecule has 0 spiro atoms. The van der Waals surface area contributed by atoms with Crippen LogP contribution < -0.4 is 10.6 Å². The minimum absolute atomic E-state index is 0.129.